The van der Waals surface area contributed by atoms with Crippen molar-refractivity contribution in [3.63, 3.8) is 0 Å². The molecule has 164 valence electrons. The van der Waals surface area contributed by atoms with Crippen LogP contribution in [0.5, 0.6) is 0 Å². The molecule has 2 bridgehead atoms. The van der Waals surface area contributed by atoms with Crippen LogP contribution in [-0.4, -0.2) is 63.8 Å². The molecule has 7 heteroatoms. The molecule has 3 aliphatic rings. The quantitative estimate of drug-likeness (QED) is 0.656. The summed E-state index contributed by atoms with van der Waals surface area (Å²) < 4.78 is 0. The molecule has 3 aromatic rings. The van der Waals surface area contributed by atoms with Crippen molar-refractivity contribution in [2.75, 3.05) is 20.1 Å². The second-order valence-electron chi connectivity index (χ2n) is 9.98. The van der Waals surface area contributed by atoms with Crippen molar-refractivity contribution < 1.29 is 9.59 Å². The summed E-state index contributed by atoms with van der Waals surface area (Å²) in [5.74, 6) is 0.0452. The monoisotopic (exact) mass is 429 g/mol. The Balaban J connectivity index is 1.39. The van der Waals surface area contributed by atoms with Gasteiger partial charge in [-0.2, -0.15) is 0 Å². The highest BCUT2D eigenvalue weighted by atomic mass is 16.2. The number of carbonyl (C=O) groups is 2. The summed E-state index contributed by atoms with van der Waals surface area (Å²) in [6, 6.07) is 8.48. The normalized spacial score (nSPS) is 24.1. The molecule has 5 heterocycles. The van der Waals surface area contributed by atoms with E-state index in [9.17, 15) is 9.59 Å². The number of nitrogens with zero attached hydrogens (tertiary/aromatic N) is 3. The van der Waals surface area contributed by atoms with Gasteiger partial charge in [0, 0.05) is 54.1 Å². The van der Waals surface area contributed by atoms with Gasteiger partial charge in [0.2, 0.25) is 0 Å². The van der Waals surface area contributed by atoms with Crippen molar-refractivity contribution in [1.29, 1.82) is 0 Å². The number of benzene rings is 1. The molecule has 1 aromatic carbocycles. The minimum atomic E-state index is -0.408. The second kappa shape index (κ2) is 6.65. The summed E-state index contributed by atoms with van der Waals surface area (Å²) in [4.78, 5) is 37.9. The number of nitrogens with one attached hydrogen (secondary N) is 2. The van der Waals surface area contributed by atoms with Crippen LogP contribution in [0.1, 0.15) is 53.0 Å². The topological polar surface area (TPSA) is 81.3 Å². The summed E-state index contributed by atoms with van der Waals surface area (Å²) in [7, 11) is 2.13. The predicted octanol–water partition coefficient (Wildman–Crippen LogP) is 3.13. The van der Waals surface area contributed by atoms with Crippen LogP contribution in [0.15, 0.2) is 36.7 Å². The smallest absolute Gasteiger partial charge is 0.256 e. The van der Waals surface area contributed by atoms with E-state index in [1.165, 1.54) is 0 Å². The Labute approximate surface area is 186 Å². The molecule has 2 unspecified atom stereocenters. The van der Waals surface area contributed by atoms with Gasteiger partial charge in [0.05, 0.1) is 11.1 Å². The second-order valence-corrected chi connectivity index (χ2v) is 9.98. The SMILES string of the molecule is CN1CC2CCC(C1)N2C(=O)c1cnc2[nH]cc(-c3ccc4c(c3)C(C)(C)NC4=O)c2c1. The highest BCUT2D eigenvalue weighted by Crippen LogP contribution is 2.37. The maximum absolute atomic E-state index is 13.5. The van der Waals surface area contributed by atoms with Crippen LogP contribution in [0, 0.1) is 0 Å². The number of amides is 2. The number of hydrogen-bond acceptors (Lipinski definition) is 4. The molecule has 7 nitrogen and oxygen atoms in total. The van der Waals surface area contributed by atoms with Gasteiger partial charge in [0.15, 0.2) is 0 Å². The van der Waals surface area contributed by atoms with E-state index in [-0.39, 0.29) is 23.9 Å². The zero-order valence-electron chi connectivity index (χ0n) is 18.6. The van der Waals surface area contributed by atoms with Gasteiger partial charge < -0.3 is 20.1 Å². The highest BCUT2D eigenvalue weighted by Gasteiger charge is 2.42. The molecule has 2 N–H and O–H groups in total. The summed E-state index contributed by atoms with van der Waals surface area (Å²) in [6.45, 7) is 5.90. The zero-order valence-corrected chi connectivity index (χ0v) is 18.6. The van der Waals surface area contributed by atoms with Gasteiger partial charge in [-0.3, -0.25) is 9.59 Å². The number of likely N-dealkylation sites (N-methyl/N-ethyl adjacent to an activating group) is 1. The minimum Gasteiger partial charge on any atom is -0.346 e. The van der Waals surface area contributed by atoms with Gasteiger partial charge in [0.1, 0.15) is 5.65 Å². The number of piperazine rings is 1. The first-order valence-corrected chi connectivity index (χ1v) is 11.3. The maximum Gasteiger partial charge on any atom is 0.256 e. The number of aromatic nitrogens is 2. The average molecular weight is 430 g/mol. The Morgan fingerprint density at radius 1 is 1.12 bits per heavy atom. The first-order chi connectivity index (χ1) is 15.3. The number of hydrogen-bond donors (Lipinski definition) is 2. The van der Waals surface area contributed by atoms with Crippen LogP contribution in [0.4, 0.5) is 0 Å². The molecule has 2 atom stereocenters. The maximum atomic E-state index is 13.5. The highest BCUT2D eigenvalue weighted by molar-refractivity contribution is 6.03. The molecule has 2 saturated heterocycles. The number of aromatic amines is 1. The summed E-state index contributed by atoms with van der Waals surface area (Å²) in [5, 5.41) is 3.96. The van der Waals surface area contributed by atoms with E-state index in [1.54, 1.807) is 6.20 Å². The number of fused-ring (bicyclic) bond motifs is 4. The molecule has 6 rings (SSSR count). The predicted molar refractivity (Wildman–Crippen MR) is 122 cm³/mol. The lowest BCUT2D eigenvalue weighted by molar-refractivity contribution is 0.0472. The van der Waals surface area contributed by atoms with Crippen LogP contribution in [-0.2, 0) is 5.54 Å². The molecule has 2 amide bonds. The van der Waals surface area contributed by atoms with Gasteiger partial charge in [0.25, 0.3) is 11.8 Å². The standard InChI is InChI=1S/C25H27N5O2/c1-25(2)21-9-14(4-7-18(21)23(31)28-25)20-11-27-22-19(20)8-15(10-26-22)24(32)30-16-5-6-17(30)13-29(3)12-16/h4,7-11,16-17H,5-6,12-13H2,1-3H3,(H,26,27)(H,28,31). The van der Waals surface area contributed by atoms with Crippen LogP contribution < -0.4 is 5.32 Å². The number of pyridine rings is 1. The number of carbonyl (C=O) groups excluding carboxylic acids is 2. The first kappa shape index (κ1) is 19.5. The lowest BCUT2D eigenvalue weighted by Crippen LogP contribution is -2.54. The Hall–Kier alpha value is -3.19. The third-order valence-electron chi connectivity index (χ3n) is 7.35. The molecule has 32 heavy (non-hydrogen) atoms. The number of likely N-dealkylation sites (tertiary alicyclic amines) is 1. The zero-order chi connectivity index (χ0) is 22.2. The minimum absolute atomic E-state index is 0.0353. The Kier molecular flexibility index (Phi) is 4.05. The van der Waals surface area contributed by atoms with Crippen molar-refractivity contribution in [3.05, 3.63) is 53.3 Å². The van der Waals surface area contributed by atoms with Gasteiger partial charge in [-0.25, -0.2) is 4.98 Å². The van der Waals surface area contributed by atoms with Crippen molar-refractivity contribution in [2.45, 2.75) is 44.3 Å². The van der Waals surface area contributed by atoms with Crippen molar-refractivity contribution >= 4 is 22.8 Å². The summed E-state index contributed by atoms with van der Waals surface area (Å²) in [5.41, 5.74) is 4.69. The number of H-pyrrole nitrogens is 1. The fourth-order valence-electron chi connectivity index (χ4n) is 5.80. The average Bonchev–Trinajstić information content (AvgIpc) is 3.37. The number of rotatable bonds is 2. The Morgan fingerprint density at radius 2 is 1.88 bits per heavy atom. The van der Waals surface area contributed by atoms with Crippen molar-refractivity contribution in [1.82, 2.24) is 25.1 Å². The van der Waals surface area contributed by atoms with Gasteiger partial charge in [-0.05, 0) is 63.1 Å². The molecule has 0 saturated carbocycles. The molecule has 0 aliphatic carbocycles. The largest absolute Gasteiger partial charge is 0.346 e. The van der Waals surface area contributed by atoms with Crippen molar-refractivity contribution in [2.24, 2.45) is 0 Å². The van der Waals surface area contributed by atoms with Crippen LogP contribution in [0.2, 0.25) is 0 Å². The molecule has 3 aliphatic heterocycles. The molecule has 2 aromatic heterocycles. The van der Waals surface area contributed by atoms with E-state index in [1.807, 2.05) is 38.2 Å². The van der Waals surface area contributed by atoms with E-state index < -0.39 is 5.54 Å². The van der Waals surface area contributed by atoms with Gasteiger partial charge in [-0.1, -0.05) is 6.07 Å². The third kappa shape index (κ3) is 2.80. The molecular weight excluding hydrogens is 402 g/mol. The van der Waals surface area contributed by atoms with E-state index in [0.29, 0.717) is 5.56 Å². The van der Waals surface area contributed by atoms with E-state index in [0.717, 1.165) is 59.2 Å². The Bertz CT molecular complexity index is 1260. The van der Waals surface area contributed by atoms with Crippen LogP contribution >= 0.6 is 0 Å². The van der Waals surface area contributed by atoms with Gasteiger partial charge in [-0.15, -0.1) is 0 Å². The van der Waals surface area contributed by atoms with Crippen LogP contribution in [0.3, 0.4) is 0 Å². The molecule has 2 fully saturated rings. The first-order valence-electron chi connectivity index (χ1n) is 11.3. The molecule has 0 spiro atoms. The summed E-state index contributed by atoms with van der Waals surface area (Å²) >= 11 is 0. The van der Waals surface area contributed by atoms with Gasteiger partial charge >= 0.3 is 0 Å². The van der Waals surface area contributed by atoms with Crippen LogP contribution in [0.25, 0.3) is 22.2 Å². The van der Waals surface area contributed by atoms with E-state index >= 15 is 0 Å². The fraction of sp³-hybridized carbons (Fsp3) is 0.400. The Morgan fingerprint density at radius 3 is 2.62 bits per heavy atom. The lowest BCUT2D eigenvalue weighted by atomic mass is 9.91. The fourth-order valence-corrected chi connectivity index (χ4v) is 5.80. The van der Waals surface area contributed by atoms with E-state index in [4.69, 9.17) is 0 Å². The van der Waals surface area contributed by atoms with E-state index in [2.05, 4.69) is 38.2 Å². The molecular formula is C25H27N5O2. The van der Waals surface area contributed by atoms with Crippen molar-refractivity contribution in [3.8, 4) is 11.1 Å². The lowest BCUT2D eigenvalue weighted by Gasteiger charge is -2.39. The molecule has 0 radical (unpaired) electrons. The summed E-state index contributed by atoms with van der Waals surface area (Å²) in [6.07, 6.45) is 5.77. The third-order valence-corrected chi connectivity index (χ3v) is 7.35.